The summed E-state index contributed by atoms with van der Waals surface area (Å²) in [5.74, 6) is 0.416. The van der Waals surface area contributed by atoms with Crippen molar-refractivity contribution in [1.29, 1.82) is 0 Å². The monoisotopic (exact) mass is 577 g/mol. The van der Waals surface area contributed by atoms with Crippen LogP contribution < -0.4 is 20.3 Å². The van der Waals surface area contributed by atoms with Gasteiger partial charge >= 0.3 is 6.36 Å². The second-order valence-electron chi connectivity index (χ2n) is 8.95. The van der Waals surface area contributed by atoms with Crippen molar-refractivity contribution >= 4 is 52.2 Å². The summed E-state index contributed by atoms with van der Waals surface area (Å²) in [6, 6.07) is 13.1. The number of nitrogens with one attached hydrogen (secondary N) is 2. The molecule has 1 aliphatic heterocycles. The van der Waals surface area contributed by atoms with Crippen LogP contribution in [-0.4, -0.2) is 58.5 Å². The standard InChI is InChI=1S/C26H27ClF3N7OS/c1-16-7-8-19(27)14-22(16)36-9-11-37(12-10-36)24(34-23-31-17(2)13-18(3)32-23)35-25(39)33-20-5-4-6-21(15-20)38-26(28,29)30/h4-8,13-15H,9-12H2,1-3H3,(H2,31,32,33,34,35,39). The molecule has 2 heterocycles. The molecule has 0 amide bonds. The zero-order valence-corrected chi connectivity index (χ0v) is 23.1. The summed E-state index contributed by atoms with van der Waals surface area (Å²) in [6.07, 6.45) is -4.80. The van der Waals surface area contributed by atoms with Crippen molar-refractivity contribution in [2.24, 2.45) is 4.99 Å². The van der Waals surface area contributed by atoms with Crippen LogP contribution in [0.3, 0.4) is 0 Å². The smallest absolute Gasteiger partial charge is 0.406 e. The van der Waals surface area contributed by atoms with E-state index in [-0.39, 0.29) is 10.9 Å². The van der Waals surface area contributed by atoms with Crippen molar-refractivity contribution in [1.82, 2.24) is 14.9 Å². The molecular weight excluding hydrogens is 551 g/mol. The van der Waals surface area contributed by atoms with Gasteiger partial charge < -0.3 is 19.9 Å². The molecule has 1 fully saturated rings. The van der Waals surface area contributed by atoms with Crippen LogP contribution in [0.15, 0.2) is 53.5 Å². The van der Waals surface area contributed by atoms with Gasteiger partial charge in [-0.1, -0.05) is 23.7 Å². The lowest BCUT2D eigenvalue weighted by atomic mass is 10.1. The number of aryl methyl sites for hydroxylation is 3. The molecule has 0 bridgehead atoms. The molecule has 1 saturated heterocycles. The third kappa shape index (κ3) is 8.17. The maximum Gasteiger partial charge on any atom is 0.573 e. The number of aromatic nitrogens is 2. The molecule has 206 valence electrons. The first-order chi connectivity index (χ1) is 18.4. The first-order valence-corrected chi connectivity index (χ1v) is 12.8. The highest BCUT2D eigenvalue weighted by Crippen LogP contribution is 2.26. The van der Waals surface area contributed by atoms with Gasteiger partial charge in [-0.3, -0.25) is 5.32 Å². The highest BCUT2D eigenvalue weighted by Gasteiger charge is 2.31. The Kier molecular flexibility index (Phi) is 8.76. The Balaban J connectivity index is 1.54. The average molecular weight is 578 g/mol. The van der Waals surface area contributed by atoms with Crippen molar-refractivity contribution in [3.8, 4) is 5.75 Å². The molecule has 13 heteroatoms. The van der Waals surface area contributed by atoms with E-state index in [1.807, 2.05) is 49.9 Å². The van der Waals surface area contributed by atoms with Gasteiger partial charge in [0.2, 0.25) is 17.0 Å². The molecule has 1 aliphatic rings. The van der Waals surface area contributed by atoms with Crippen LogP contribution in [-0.2, 0) is 0 Å². The molecule has 0 spiro atoms. The van der Waals surface area contributed by atoms with E-state index < -0.39 is 6.36 Å². The lowest BCUT2D eigenvalue weighted by molar-refractivity contribution is -0.274. The fourth-order valence-electron chi connectivity index (χ4n) is 4.16. The number of hydrogen-bond acceptors (Lipinski definition) is 5. The Hall–Kier alpha value is -3.64. The Morgan fingerprint density at radius 2 is 1.67 bits per heavy atom. The van der Waals surface area contributed by atoms with Gasteiger partial charge in [-0.15, -0.1) is 13.2 Å². The van der Waals surface area contributed by atoms with E-state index in [1.165, 1.54) is 18.2 Å². The van der Waals surface area contributed by atoms with Gasteiger partial charge in [-0.05, 0) is 68.9 Å². The number of nitrogens with zero attached hydrogens (tertiary/aromatic N) is 5. The highest BCUT2D eigenvalue weighted by atomic mass is 35.5. The minimum Gasteiger partial charge on any atom is -0.406 e. The third-order valence-electron chi connectivity index (χ3n) is 5.82. The first kappa shape index (κ1) is 28.4. The molecule has 2 aromatic carbocycles. The number of alkyl halides is 3. The maximum absolute atomic E-state index is 12.6. The van der Waals surface area contributed by atoms with Crippen LogP contribution in [0.2, 0.25) is 5.02 Å². The van der Waals surface area contributed by atoms with E-state index in [2.05, 4.69) is 35.2 Å². The second-order valence-corrected chi connectivity index (χ2v) is 9.77. The number of benzene rings is 2. The van der Waals surface area contributed by atoms with Crippen molar-refractivity contribution in [3.63, 3.8) is 0 Å². The van der Waals surface area contributed by atoms with Crippen molar-refractivity contribution in [2.45, 2.75) is 27.1 Å². The number of rotatable bonds is 4. The number of halogens is 4. The first-order valence-electron chi connectivity index (χ1n) is 12.1. The molecule has 1 aromatic heterocycles. The van der Waals surface area contributed by atoms with E-state index in [1.54, 1.807) is 6.07 Å². The summed E-state index contributed by atoms with van der Waals surface area (Å²) in [6.45, 7) is 8.40. The minimum atomic E-state index is -4.80. The number of thiocarbonyl (C=S) groups is 1. The van der Waals surface area contributed by atoms with Crippen LogP contribution in [0, 0.1) is 20.8 Å². The average Bonchev–Trinajstić information content (AvgIpc) is 2.84. The van der Waals surface area contributed by atoms with E-state index >= 15 is 0 Å². The zero-order chi connectivity index (χ0) is 28.2. The molecule has 39 heavy (non-hydrogen) atoms. The van der Waals surface area contributed by atoms with Gasteiger partial charge in [0.25, 0.3) is 0 Å². The maximum atomic E-state index is 12.6. The van der Waals surface area contributed by atoms with E-state index in [4.69, 9.17) is 23.8 Å². The number of ether oxygens (including phenoxy) is 1. The van der Waals surface area contributed by atoms with Gasteiger partial charge in [-0.2, -0.15) is 4.99 Å². The van der Waals surface area contributed by atoms with Gasteiger partial charge in [0.15, 0.2) is 0 Å². The van der Waals surface area contributed by atoms with E-state index in [0.29, 0.717) is 48.8 Å². The number of hydrogen-bond donors (Lipinski definition) is 2. The molecule has 0 unspecified atom stereocenters. The Labute approximate surface area is 234 Å². The van der Waals surface area contributed by atoms with Gasteiger partial charge in [0.1, 0.15) is 5.75 Å². The normalized spacial score (nSPS) is 14.3. The lowest BCUT2D eigenvalue weighted by Gasteiger charge is -2.38. The summed E-state index contributed by atoms with van der Waals surface area (Å²) in [7, 11) is 0. The summed E-state index contributed by atoms with van der Waals surface area (Å²) >= 11 is 11.7. The van der Waals surface area contributed by atoms with Gasteiger partial charge in [0, 0.05) is 60.0 Å². The molecular formula is C26H27ClF3N7OS. The van der Waals surface area contributed by atoms with Crippen LogP contribution >= 0.6 is 23.8 Å². The molecule has 0 aliphatic carbocycles. The molecule has 0 radical (unpaired) electrons. The van der Waals surface area contributed by atoms with Crippen molar-refractivity contribution in [3.05, 3.63) is 70.5 Å². The highest BCUT2D eigenvalue weighted by molar-refractivity contribution is 7.80. The Morgan fingerprint density at radius 3 is 2.33 bits per heavy atom. The lowest BCUT2D eigenvalue weighted by Crippen LogP contribution is -2.51. The summed E-state index contributed by atoms with van der Waals surface area (Å²) in [5, 5.41) is 6.75. The van der Waals surface area contributed by atoms with Gasteiger partial charge in [0.05, 0.1) is 0 Å². The zero-order valence-electron chi connectivity index (χ0n) is 21.5. The molecule has 0 atom stereocenters. The molecule has 3 aromatic rings. The number of piperazine rings is 1. The molecule has 8 nitrogen and oxygen atoms in total. The Morgan fingerprint density at radius 1 is 0.974 bits per heavy atom. The number of anilines is 3. The topological polar surface area (TPSA) is 77.9 Å². The van der Waals surface area contributed by atoms with Crippen LogP contribution in [0.1, 0.15) is 17.0 Å². The fraction of sp³-hybridized carbons (Fsp3) is 0.308. The third-order valence-corrected chi connectivity index (χ3v) is 6.25. The minimum absolute atomic E-state index is 0.0409. The molecule has 2 N–H and O–H groups in total. The predicted octanol–water partition coefficient (Wildman–Crippen LogP) is 5.94. The fourth-order valence-corrected chi connectivity index (χ4v) is 4.53. The van der Waals surface area contributed by atoms with Crippen molar-refractivity contribution < 1.29 is 17.9 Å². The molecule has 4 rings (SSSR count). The predicted molar refractivity (Wildman–Crippen MR) is 152 cm³/mol. The van der Waals surface area contributed by atoms with Crippen LogP contribution in [0.4, 0.5) is 30.5 Å². The Bertz CT molecular complexity index is 1360. The van der Waals surface area contributed by atoms with E-state index in [9.17, 15) is 13.2 Å². The number of guanidine groups is 1. The SMILES string of the molecule is Cc1cc(C)nc(N/C(=N/C(=S)Nc2cccc(OC(F)(F)F)c2)N2CCN(c3cc(Cl)ccc3C)CC2)n1. The summed E-state index contributed by atoms with van der Waals surface area (Å²) < 4.78 is 41.9. The molecule has 0 saturated carbocycles. The number of aliphatic imine (C=N–C) groups is 1. The summed E-state index contributed by atoms with van der Waals surface area (Å²) in [4.78, 5) is 17.7. The quantitative estimate of drug-likeness (QED) is 0.224. The van der Waals surface area contributed by atoms with E-state index in [0.717, 1.165) is 22.6 Å². The van der Waals surface area contributed by atoms with Crippen molar-refractivity contribution in [2.75, 3.05) is 41.7 Å². The largest absolute Gasteiger partial charge is 0.573 e. The van der Waals surface area contributed by atoms with Gasteiger partial charge in [-0.25, -0.2) is 9.97 Å². The second kappa shape index (κ2) is 12.0. The summed E-state index contributed by atoms with van der Waals surface area (Å²) in [5.41, 5.74) is 4.07. The van der Waals surface area contributed by atoms with Crippen LogP contribution in [0.25, 0.3) is 0 Å². The van der Waals surface area contributed by atoms with Crippen LogP contribution in [0.5, 0.6) is 5.75 Å².